The molecule has 0 N–H and O–H groups in total. The largest absolute Gasteiger partial charge is 0.347 e. The minimum Gasteiger partial charge on any atom is -0.347 e. The van der Waals surface area contributed by atoms with E-state index in [2.05, 4.69) is 36.3 Å². The average Bonchev–Trinajstić information content (AvgIpc) is 2.91. The van der Waals surface area contributed by atoms with Gasteiger partial charge in [0.05, 0.1) is 11.9 Å². The van der Waals surface area contributed by atoms with Gasteiger partial charge in [-0.05, 0) is 51.0 Å². The van der Waals surface area contributed by atoms with Crippen LogP contribution in [0.2, 0.25) is 0 Å². The van der Waals surface area contributed by atoms with Crippen molar-refractivity contribution in [1.82, 2.24) is 15.0 Å². The van der Waals surface area contributed by atoms with Gasteiger partial charge in [-0.1, -0.05) is 11.3 Å². The van der Waals surface area contributed by atoms with Gasteiger partial charge in [0.15, 0.2) is 0 Å². The fourth-order valence-corrected chi connectivity index (χ4v) is 1.90. The highest BCUT2D eigenvalue weighted by Gasteiger charge is 2.16. The predicted octanol–water partition coefficient (Wildman–Crippen LogP) is 2.96. The first-order valence-corrected chi connectivity index (χ1v) is 6.88. The molecule has 0 saturated heterocycles. The minimum absolute atomic E-state index is 0.453. The van der Waals surface area contributed by atoms with E-state index in [1.165, 1.54) is 11.1 Å². The predicted molar refractivity (Wildman–Crippen MR) is 76.8 cm³/mol. The Kier molecular flexibility index (Phi) is 4.87. The molecule has 2 rings (SSSR count). The molecule has 0 aliphatic carbocycles. The van der Waals surface area contributed by atoms with E-state index in [4.69, 9.17) is 9.47 Å². The normalized spacial score (nSPS) is 11.2. The number of hydrogen-bond donors (Lipinski definition) is 0. The summed E-state index contributed by atoms with van der Waals surface area (Å²) in [6.45, 7) is 9.17. The molecule has 0 unspecified atom stereocenters. The molecular weight excluding hydrogens is 254 g/mol. The van der Waals surface area contributed by atoms with Crippen molar-refractivity contribution in [3.8, 4) is 5.69 Å². The van der Waals surface area contributed by atoms with Crippen LogP contribution in [0.25, 0.3) is 5.69 Å². The molecule has 108 valence electrons. The number of hydrogen-bond acceptors (Lipinski definition) is 4. The van der Waals surface area contributed by atoms with Gasteiger partial charge in [0.25, 0.3) is 0 Å². The molecule has 20 heavy (non-hydrogen) atoms. The van der Waals surface area contributed by atoms with E-state index in [0.29, 0.717) is 18.9 Å². The Labute approximate surface area is 119 Å². The maximum absolute atomic E-state index is 5.52. The van der Waals surface area contributed by atoms with E-state index in [9.17, 15) is 0 Å². The van der Waals surface area contributed by atoms with Gasteiger partial charge in [0.1, 0.15) is 5.69 Å². The van der Waals surface area contributed by atoms with Crippen molar-refractivity contribution < 1.29 is 9.47 Å². The zero-order valence-electron chi connectivity index (χ0n) is 12.5. The number of aromatic nitrogens is 3. The Balaban J connectivity index is 2.24. The van der Waals surface area contributed by atoms with Crippen molar-refractivity contribution in [2.45, 2.75) is 34.0 Å². The van der Waals surface area contributed by atoms with Crippen molar-refractivity contribution in [1.29, 1.82) is 0 Å². The van der Waals surface area contributed by atoms with Crippen molar-refractivity contribution >= 4 is 0 Å². The van der Waals surface area contributed by atoms with Crippen molar-refractivity contribution in [3.05, 3.63) is 41.2 Å². The summed E-state index contributed by atoms with van der Waals surface area (Å²) in [6.07, 6.45) is 1.39. The first-order chi connectivity index (χ1) is 9.65. The second-order valence-corrected chi connectivity index (χ2v) is 4.60. The van der Waals surface area contributed by atoms with Crippen LogP contribution in [0.1, 0.15) is 37.0 Å². The Hall–Kier alpha value is -1.72. The quantitative estimate of drug-likeness (QED) is 0.760. The second kappa shape index (κ2) is 6.63. The highest BCUT2D eigenvalue weighted by molar-refractivity contribution is 5.38. The maximum Gasteiger partial charge on any atom is 0.204 e. The molecule has 1 heterocycles. The first kappa shape index (κ1) is 14.7. The van der Waals surface area contributed by atoms with Crippen LogP contribution in [0.4, 0.5) is 0 Å². The van der Waals surface area contributed by atoms with Crippen LogP contribution < -0.4 is 0 Å². The summed E-state index contributed by atoms with van der Waals surface area (Å²) in [5.74, 6) is 0. The molecule has 0 saturated carbocycles. The lowest BCUT2D eigenvalue weighted by Crippen LogP contribution is -2.09. The average molecular weight is 275 g/mol. The van der Waals surface area contributed by atoms with E-state index in [1.807, 2.05) is 26.1 Å². The third kappa shape index (κ3) is 3.23. The summed E-state index contributed by atoms with van der Waals surface area (Å²) in [7, 11) is 0. The third-order valence-electron chi connectivity index (χ3n) is 3.14. The van der Waals surface area contributed by atoms with E-state index < -0.39 is 6.29 Å². The summed E-state index contributed by atoms with van der Waals surface area (Å²) in [6, 6.07) is 6.19. The standard InChI is InChI=1S/C15H21N3O2/c1-5-19-15(20-6-2)14-10-18(17-16-14)13-8-7-11(3)12(4)9-13/h7-10,15H,5-6H2,1-4H3. The summed E-state index contributed by atoms with van der Waals surface area (Å²) in [4.78, 5) is 0. The molecule has 0 amide bonds. The Morgan fingerprint density at radius 1 is 1.10 bits per heavy atom. The van der Waals surface area contributed by atoms with Crippen molar-refractivity contribution in [2.75, 3.05) is 13.2 Å². The highest BCUT2D eigenvalue weighted by Crippen LogP contribution is 2.18. The molecule has 1 aromatic carbocycles. The van der Waals surface area contributed by atoms with Crippen LogP contribution >= 0.6 is 0 Å². The van der Waals surface area contributed by atoms with Crippen molar-refractivity contribution in [2.24, 2.45) is 0 Å². The Morgan fingerprint density at radius 3 is 2.40 bits per heavy atom. The highest BCUT2D eigenvalue weighted by atomic mass is 16.7. The lowest BCUT2D eigenvalue weighted by atomic mass is 10.1. The molecule has 0 atom stereocenters. The lowest BCUT2D eigenvalue weighted by Gasteiger charge is -2.13. The maximum atomic E-state index is 5.52. The number of ether oxygens (including phenoxy) is 2. The molecule has 5 heteroatoms. The fourth-order valence-electron chi connectivity index (χ4n) is 1.90. The van der Waals surface area contributed by atoms with E-state index >= 15 is 0 Å². The molecular formula is C15H21N3O2. The minimum atomic E-state index is -0.453. The Bertz CT molecular complexity index is 560. The SMILES string of the molecule is CCOC(OCC)c1cn(-c2ccc(C)c(C)c2)nn1. The number of nitrogens with zero attached hydrogens (tertiary/aromatic N) is 3. The summed E-state index contributed by atoms with van der Waals surface area (Å²) in [5.41, 5.74) is 4.16. The zero-order valence-corrected chi connectivity index (χ0v) is 12.5. The molecule has 0 radical (unpaired) electrons. The van der Waals surface area contributed by atoms with E-state index in [0.717, 1.165) is 5.69 Å². The van der Waals surface area contributed by atoms with Gasteiger partial charge in [-0.2, -0.15) is 0 Å². The van der Waals surface area contributed by atoms with Crippen LogP contribution in [-0.2, 0) is 9.47 Å². The molecule has 0 bridgehead atoms. The van der Waals surface area contributed by atoms with Crippen LogP contribution in [0.5, 0.6) is 0 Å². The molecule has 5 nitrogen and oxygen atoms in total. The van der Waals surface area contributed by atoms with Gasteiger partial charge in [0.2, 0.25) is 6.29 Å². The third-order valence-corrected chi connectivity index (χ3v) is 3.14. The molecule has 0 spiro atoms. The van der Waals surface area contributed by atoms with Crippen LogP contribution in [0, 0.1) is 13.8 Å². The molecule has 0 aliphatic heterocycles. The van der Waals surface area contributed by atoms with E-state index in [1.54, 1.807) is 4.68 Å². The molecule has 2 aromatic rings. The zero-order chi connectivity index (χ0) is 14.5. The summed E-state index contributed by atoms with van der Waals surface area (Å²) in [5, 5.41) is 8.29. The monoisotopic (exact) mass is 275 g/mol. The molecule has 1 aromatic heterocycles. The van der Waals surface area contributed by atoms with Gasteiger partial charge in [-0.3, -0.25) is 0 Å². The first-order valence-electron chi connectivity index (χ1n) is 6.88. The van der Waals surface area contributed by atoms with Gasteiger partial charge >= 0.3 is 0 Å². The summed E-state index contributed by atoms with van der Waals surface area (Å²) < 4.78 is 12.8. The van der Waals surface area contributed by atoms with Gasteiger partial charge in [-0.15, -0.1) is 5.10 Å². The van der Waals surface area contributed by atoms with Crippen LogP contribution in [0.3, 0.4) is 0 Å². The Morgan fingerprint density at radius 2 is 1.80 bits per heavy atom. The topological polar surface area (TPSA) is 49.2 Å². The van der Waals surface area contributed by atoms with Crippen LogP contribution in [-0.4, -0.2) is 28.2 Å². The summed E-state index contributed by atoms with van der Waals surface area (Å²) >= 11 is 0. The molecule has 0 aliphatic rings. The van der Waals surface area contributed by atoms with Gasteiger partial charge in [0, 0.05) is 13.2 Å². The second-order valence-electron chi connectivity index (χ2n) is 4.60. The fraction of sp³-hybridized carbons (Fsp3) is 0.467. The van der Waals surface area contributed by atoms with Crippen LogP contribution in [0.15, 0.2) is 24.4 Å². The number of aryl methyl sites for hydroxylation is 2. The smallest absolute Gasteiger partial charge is 0.204 e. The van der Waals surface area contributed by atoms with Gasteiger partial charge < -0.3 is 9.47 Å². The number of benzene rings is 1. The molecule has 0 fully saturated rings. The lowest BCUT2D eigenvalue weighted by molar-refractivity contribution is -0.142. The van der Waals surface area contributed by atoms with E-state index in [-0.39, 0.29) is 0 Å². The van der Waals surface area contributed by atoms with Crippen molar-refractivity contribution in [3.63, 3.8) is 0 Å². The van der Waals surface area contributed by atoms with Gasteiger partial charge in [-0.25, -0.2) is 4.68 Å². The number of rotatable bonds is 6.